The van der Waals surface area contributed by atoms with Gasteiger partial charge in [-0.3, -0.25) is 0 Å². The maximum absolute atomic E-state index is 5.56. The summed E-state index contributed by atoms with van der Waals surface area (Å²) in [4.78, 5) is 9.37. The second kappa shape index (κ2) is 6.88. The molecule has 3 N–H and O–H groups in total. The molecule has 0 spiro atoms. The zero-order chi connectivity index (χ0) is 16.2. The molecule has 0 aliphatic carbocycles. The van der Waals surface area contributed by atoms with Crippen LogP contribution in [-0.2, 0) is 5.41 Å². The van der Waals surface area contributed by atoms with Crippen LogP contribution in [0.2, 0.25) is 0 Å². The van der Waals surface area contributed by atoms with Gasteiger partial charge in [-0.2, -0.15) is 0 Å². The summed E-state index contributed by atoms with van der Waals surface area (Å²) in [5.74, 6) is 0.776. The van der Waals surface area contributed by atoms with Crippen LogP contribution in [0.5, 0.6) is 0 Å². The van der Waals surface area contributed by atoms with E-state index in [2.05, 4.69) is 56.2 Å². The van der Waals surface area contributed by atoms with E-state index in [1.54, 1.807) is 0 Å². The van der Waals surface area contributed by atoms with Gasteiger partial charge in [0.15, 0.2) is 5.82 Å². The van der Waals surface area contributed by atoms with Crippen molar-refractivity contribution in [2.24, 2.45) is 5.73 Å². The number of aromatic nitrogens is 2. The maximum atomic E-state index is 5.56. The van der Waals surface area contributed by atoms with Crippen molar-refractivity contribution in [3.05, 3.63) is 41.7 Å². The Morgan fingerprint density at radius 3 is 2.64 bits per heavy atom. The van der Waals surface area contributed by atoms with Gasteiger partial charge in [-0.15, -0.1) is 0 Å². The van der Waals surface area contributed by atoms with Crippen LogP contribution in [0.15, 0.2) is 30.5 Å². The molecule has 0 bridgehead atoms. The first kappa shape index (κ1) is 16.4. The molecule has 0 amide bonds. The smallest absolute Gasteiger partial charge is 0.159 e. The number of rotatable bonds is 5. The first-order chi connectivity index (χ1) is 10.4. The summed E-state index contributed by atoms with van der Waals surface area (Å²) in [6, 6.07) is 8.29. The number of nitrogens with two attached hydrogens (primary N) is 1. The molecule has 2 aromatic rings. The Morgan fingerprint density at radius 2 is 2.00 bits per heavy atom. The van der Waals surface area contributed by atoms with Gasteiger partial charge in [0.1, 0.15) is 0 Å². The zero-order valence-electron chi connectivity index (χ0n) is 14.0. The van der Waals surface area contributed by atoms with Crippen LogP contribution in [0, 0.1) is 6.92 Å². The Balaban J connectivity index is 2.39. The average molecular weight is 298 g/mol. The molecular weight excluding hydrogens is 272 g/mol. The minimum Gasteiger partial charge on any atom is -0.382 e. The van der Waals surface area contributed by atoms with Crippen LogP contribution in [0.3, 0.4) is 0 Å². The van der Waals surface area contributed by atoms with Gasteiger partial charge in [-0.25, -0.2) is 9.97 Å². The topological polar surface area (TPSA) is 63.8 Å². The number of aryl methyl sites for hydroxylation is 1. The first-order valence-electron chi connectivity index (χ1n) is 7.80. The van der Waals surface area contributed by atoms with Gasteiger partial charge in [0, 0.05) is 17.5 Å². The third-order valence-corrected chi connectivity index (χ3v) is 3.47. The summed E-state index contributed by atoms with van der Waals surface area (Å²) in [7, 11) is 0. The zero-order valence-corrected chi connectivity index (χ0v) is 14.0. The molecule has 0 fully saturated rings. The second-order valence-corrected chi connectivity index (χ2v) is 6.64. The Morgan fingerprint density at radius 1 is 1.23 bits per heavy atom. The minimum atomic E-state index is -0.0490. The van der Waals surface area contributed by atoms with Gasteiger partial charge in [-0.1, -0.05) is 44.5 Å². The van der Waals surface area contributed by atoms with E-state index in [0.29, 0.717) is 6.54 Å². The summed E-state index contributed by atoms with van der Waals surface area (Å²) in [5.41, 5.74) is 9.81. The number of hydrogen-bond donors (Lipinski definition) is 2. The van der Waals surface area contributed by atoms with Crippen LogP contribution in [0.25, 0.3) is 11.4 Å². The van der Waals surface area contributed by atoms with E-state index < -0.39 is 0 Å². The van der Waals surface area contributed by atoms with E-state index in [-0.39, 0.29) is 5.41 Å². The lowest BCUT2D eigenvalue weighted by Crippen LogP contribution is -2.19. The van der Waals surface area contributed by atoms with Crippen LogP contribution in [0.4, 0.5) is 5.69 Å². The lowest BCUT2D eigenvalue weighted by atomic mass is 9.90. The largest absolute Gasteiger partial charge is 0.382 e. The molecule has 1 aromatic heterocycles. The fourth-order valence-electron chi connectivity index (χ4n) is 2.33. The molecule has 1 aromatic carbocycles. The molecule has 0 atom stereocenters. The number of anilines is 1. The number of benzene rings is 1. The predicted octanol–water partition coefficient (Wildman–Crippen LogP) is 3.51. The lowest BCUT2D eigenvalue weighted by molar-refractivity contribution is 0.569. The molecule has 118 valence electrons. The standard InChI is InChI=1S/C18H26N4/c1-13-7-5-8-14(11-13)17-21-12-15(20-10-6-9-19)16(22-17)18(2,3)4/h5,7-8,11-12,20H,6,9-10,19H2,1-4H3. The molecule has 0 aliphatic heterocycles. The van der Waals surface area contributed by atoms with Gasteiger partial charge in [0.05, 0.1) is 17.6 Å². The van der Waals surface area contributed by atoms with Crippen LogP contribution < -0.4 is 11.1 Å². The van der Waals surface area contributed by atoms with Crippen molar-refractivity contribution in [1.82, 2.24) is 9.97 Å². The summed E-state index contributed by atoms with van der Waals surface area (Å²) < 4.78 is 0. The number of nitrogens with zero attached hydrogens (tertiary/aromatic N) is 2. The molecule has 0 saturated carbocycles. The highest BCUT2D eigenvalue weighted by atomic mass is 15.0. The SMILES string of the molecule is Cc1cccc(-c2ncc(NCCCN)c(C(C)(C)C)n2)c1. The van der Waals surface area contributed by atoms with Gasteiger partial charge >= 0.3 is 0 Å². The third kappa shape index (κ3) is 4.04. The summed E-state index contributed by atoms with van der Waals surface area (Å²) >= 11 is 0. The van der Waals surface area contributed by atoms with Gasteiger partial charge in [0.25, 0.3) is 0 Å². The van der Waals surface area contributed by atoms with Gasteiger partial charge < -0.3 is 11.1 Å². The Labute approximate surface area is 133 Å². The summed E-state index contributed by atoms with van der Waals surface area (Å²) in [5, 5.41) is 3.41. The average Bonchev–Trinajstić information content (AvgIpc) is 2.46. The quantitative estimate of drug-likeness (QED) is 0.829. The number of hydrogen-bond acceptors (Lipinski definition) is 4. The fraction of sp³-hybridized carbons (Fsp3) is 0.444. The van der Waals surface area contributed by atoms with E-state index in [1.165, 1.54) is 5.56 Å². The molecule has 0 unspecified atom stereocenters. The molecule has 0 saturated heterocycles. The normalized spacial score (nSPS) is 11.5. The molecule has 0 radical (unpaired) electrons. The monoisotopic (exact) mass is 298 g/mol. The molecule has 2 rings (SSSR count). The molecule has 4 nitrogen and oxygen atoms in total. The van der Waals surface area contributed by atoms with E-state index in [0.717, 1.165) is 35.7 Å². The van der Waals surface area contributed by atoms with Crippen molar-refractivity contribution < 1.29 is 0 Å². The molecule has 4 heteroatoms. The number of nitrogens with one attached hydrogen (secondary N) is 1. The maximum Gasteiger partial charge on any atom is 0.159 e. The summed E-state index contributed by atoms with van der Waals surface area (Å²) in [6.07, 6.45) is 2.82. The van der Waals surface area contributed by atoms with E-state index >= 15 is 0 Å². The lowest BCUT2D eigenvalue weighted by Gasteiger charge is -2.22. The highest BCUT2D eigenvalue weighted by molar-refractivity contribution is 5.60. The minimum absolute atomic E-state index is 0.0490. The van der Waals surface area contributed by atoms with Crippen molar-refractivity contribution in [3.63, 3.8) is 0 Å². The molecule has 22 heavy (non-hydrogen) atoms. The third-order valence-electron chi connectivity index (χ3n) is 3.47. The first-order valence-corrected chi connectivity index (χ1v) is 7.80. The van der Waals surface area contributed by atoms with Crippen LogP contribution in [0.1, 0.15) is 38.4 Å². The van der Waals surface area contributed by atoms with Crippen molar-refractivity contribution >= 4 is 5.69 Å². The van der Waals surface area contributed by atoms with Crippen molar-refractivity contribution in [2.45, 2.75) is 39.5 Å². The van der Waals surface area contributed by atoms with Crippen molar-refractivity contribution in [3.8, 4) is 11.4 Å². The van der Waals surface area contributed by atoms with E-state index in [1.807, 2.05) is 12.3 Å². The van der Waals surface area contributed by atoms with E-state index in [9.17, 15) is 0 Å². The Bertz CT molecular complexity index is 629. The highest BCUT2D eigenvalue weighted by Crippen LogP contribution is 2.29. The van der Waals surface area contributed by atoms with Gasteiger partial charge in [-0.05, 0) is 26.0 Å². The molecule has 0 aliphatic rings. The molecular formula is C18H26N4. The fourth-order valence-corrected chi connectivity index (χ4v) is 2.33. The van der Waals surface area contributed by atoms with Crippen LogP contribution in [-0.4, -0.2) is 23.1 Å². The Kier molecular flexibility index (Phi) is 5.14. The van der Waals surface area contributed by atoms with Crippen molar-refractivity contribution in [2.75, 3.05) is 18.4 Å². The van der Waals surface area contributed by atoms with Gasteiger partial charge in [0.2, 0.25) is 0 Å². The van der Waals surface area contributed by atoms with E-state index in [4.69, 9.17) is 10.7 Å². The highest BCUT2D eigenvalue weighted by Gasteiger charge is 2.21. The summed E-state index contributed by atoms with van der Waals surface area (Å²) in [6.45, 7) is 10.1. The Hall–Kier alpha value is -1.94. The predicted molar refractivity (Wildman–Crippen MR) is 93.1 cm³/mol. The van der Waals surface area contributed by atoms with Crippen molar-refractivity contribution in [1.29, 1.82) is 0 Å². The second-order valence-electron chi connectivity index (χ2n) is 6.64. The molecule has 1 heterocycles. The van der Waals surface area contributed by atoms with Crippen LogP contribution >= 0.6 is 0 Å².